The Labute approximate surface area is 76.3 Å². The fraction of sp³-hybridized carbons (Fsp3) is 0.429. The zero-order valence-electron chi connectivity index (χ0n) is 6.58. The van der Waals surface area contributed by atoms with Crippen molar-refractivity contribution in [3.63, 3.8) is 0 Å². The molecule has 0 rings (SSSR count). The second-order valence-electron chi connectivity index (χ2n) is 1.79. The number of thiocarbonyl (C=S) groups is 1. The van der Waals surface area contributed by atoms with Crippen LogP contribution in [0.15, 0.2) is 17.6 Å². The molecule has 66 valence electrons. The highest BCUT2D eigenvalue weighted by atomic mass is 32.1. The van der Waals surface area contributed by atoms with E-state index in [1.54, 1.807) is 0 Å². The van der Waals surface area contributed by atoms with Crippen molar-refractivity contribution in [1.29, 1.82) is 0 Å². The van der Waals surface area contributed by atoms with Gasteiger partial charge < -0.3 is 10.1 Å². The van der Waals surface area contributed by atoms with Crippen molar-refractivity contribution in [2.24, 2.45) is 4.99 Å². The number of hydrogen-bond acceptors (Lipinski definition) is 4. The average molecular weight is 186 g/mol. The summed E-state index contributed by atoms with van der Waals surface area (Å²) < 4.78 is 4.62. The Bertz CT molecular complexity index is 200. The van der Waals surface area contributed by atoms with Crippen LogP contribution in [0.5, 0.6) is 0 Å². The van der Waals surface area contributed by atoms with E-state index in [0.29, 0.717) is 13.1 Å². The van der Waals surface area contributed by atoms with Crippen LogP contribution in [0.25, 0.3) is 0 Å². The Morgan fingerprint density at radius 3 is 3.17 bits per heavy atom. The Balaban J connectivity index is 3.30. The first-order valence-electron chi connectivity index (χ1n) is 3.36. The van der Waals surface area contributed by atoms with E-state index < -0.39 is 6.09 Å². The second kappa shape index (κ2) is 7.91. The predicted molar refractivity (Wildman–Crippen MR) is 49.4 cm³/mol. The number of amides is 1. The van der Waals surface area contributed by atoms with Crippen molar-refractivity contribution >= 4 is 23.5 Å². The Kier molecular flexibility index (Phi) is 7.13. The molecule has 0 saturated heterocycles. The molecule has 0 unspecified atom stereocenters. The molecule has 4 nitrogen and oxygen atoms in total. The largest absolute Gasteiger partial charge is 0.445 e. The molecule has 0 spiro atoms. The second-order valence-corrected chi connectivity index (χ2v) is 1.97. The average Bonchev–Trinajstić information content (AvgIpc) is 2.09. The number of isothiocyanates is 1. The number of nitrogens with one attached hydrogen (secondary N) is 1. The zero-order valence-corrected chi connectivity index (χ0v) is 7.39. The summed E-state index contributed by atoms with van der Waals surface area (Å²) in [5.41, 5.74) is 0. The van der Waals surface area contributed by atoms with Gasteiger partial charge in [-0.05, 0) is 12.2 Å². The molecule has 0 bridgehead atoms. The minimum Gasteiger partial charge on any atom is -0.445 e. The predicted octanol–water partition coefficient (Wildman–Crippen LogP) is 1.00. The van der Waals surface area contributed by atoms with Crippen molar-refractivity contribution in [1.82, 2.24) is 5.32 Å². The molecule has 0 aliphatic heterocycles. The molecule has 0 heterocycles. The third kappa shape index (κ3) is 6.92. The van der Waals surface area contributed by atoms with Gasteiger partial charge in [-0.15, -0.1) is 0 Å². The minimum atomic E-state index is -0.477. The van der Waals surface area contributed by atoms with Crippen LogP contribution in [0.1, 0.15) is 0 Å². The topological polar surface area (TPSA) is 50.7 Å². The van der Waals surface area contributed by atoms with E-state index in [0.717, 1.165) is 0 Å². The van der Waals surface area contributed by atoms with Gasteiger partial charge in [-0.2, -0.15) is 0 Å². The van der Waals surface area contributed by atoms with Gasteiger partial charge in [-0.1, -0.05) is 12.7 Å². The highest BCUT2D eigenvalue weighted by Crippen LogP contribution is 1.77. The Hall–Kier alpha value is -1.19. The number of carbonyl (C=O) groups excluding carboxylic acids is 1. The SMILES string of the molecule is C=CCOC(=O)NCCN=C=S. The normalized spacial score (nSPS) is 8.00. The summed E-state index contributed by atoms with van der Waals surface area (Å²) >= 11 is 4.33. The van der Waals surface area contributed by atoms with Gasteiger partial charge in [0.15, 0.2) is 0 Å². The summed E-state index contributed by atoms with van der Waals surface area (Å²) in [7, 11) is 0. The third-order valence-electron chi connectivity index (χ3n) is 0.890. The molecule has 0 aromatic heterocycles. The van der Waals surface area contributed by atoms with Crippen LogP contribution >= 0.6 is 12.2 Å². The lowest BCUT2D eigenvalue weighted by atomic mass is 10.6. The van der Waals surface area contributed by atoms with Gasteiger partial charge >= 0.3 is 6.09 Å². The molecule has 0 saturated carbocycles. The quantitative estimate of drug-likeness (QED) is 0.301. The standard InChI is InChI=1S/C7H10N2O2S/c1-2-5-11-7(10)9-4-3-8-6-12/h2H,1,3-5H2,(H,9,10). The number of aliphatic imine (C=N–C) groups is 1. The van der Waals surface area contributed by atoms with Crippen molar-refractivity contribution in [3.05, 3.63) is 12.7 Å². The number of carbonyl (C=O) groups is 1. The van der Waals surface area contributed by atoms with E-state index in [1.807, 2.05) is 0 Å². The summed E-state index contributed by atoms with van der Waals surface area (Å²) in [5, 5.41) is 4.65. The first kappa shape index (κ1) is 10.8. The lowest BCUT2D eigenvalue weighted by Crippen LogP contribution is -2.26. The van der Waals surface area contributed by atoms with Crippen LogP contribution in [-0.2, 0) is 4.74 Å². The van der Waals surface area contributed by atoms with Crippen molar-refractivity contribution in [2.45, 2.75) is 0 Å². The van der Waals surface area contributed by atoms with E-state index in [2.05, 4.69) is 39.0 Å². The zero-order chi connectivity index (χ0) is 9.23. The highest BCUT2D eigenvalue weighted by molar-refractivity contribution is 7.78. The van der Waals surface area contributed by atoms with E-state index in [1.165, 1.54) is 6.08 Å². The van der Waals surface area contributed by atoms with E-state index in [-0.39, 0.29) is 6.61 Å². The van der Waals surface area contributed by atoms with Gasteiger partial charge in [0.25, 0.3) is 0 Å². The first-order valence-corrected chi connectivity index (χ1v) is 3.77. The summed E-state index contributed by atoms with van der Waals surface area (Å²) in [4.78, 5) is 14.3. The maximum Gasteiger partial charge on any atom is 0.407 e. The Morgan fingerprint density at radius 2 is 2.58 bits per heavy atom. The first-order chi connectivity index (χ1) is 5.81. The molecule has 0 radical (unpaired) electrons. The lowest BCUT2D eigenvalue weighted by molar-refractivity contribution is 0.158. The summed E-state index contributed by atoms with van der Waals surface area (Å²) in [6, 6.07) is 0. The fourth-order valence-corrected chi connectivity index (χ4v) is 0.536. The van der Waals surface area contributed by atoms with Gasteiger partial charge in [-0.25, -0.2) is 9.79 Å². The molecule has 12 heavy (non-hydrogen) atoms. The number of alkyl carbamates (subject to hydrolysis) is 1. The van der Waals surface area contributed by atoms with Crippen LogP contribution in [0.4, 0.5) is 4.79 Å². The van der Waals surface area contributed by atoms with E-state index in [4.69, 9.17) is 0 Å². The van der Waals surface area contributed by atoms with Crippen molar-refractivity contribution < 1.29 is 9.53 Å². The van der Waals surface area contributed by atoms with Gasteiger partial charge in [0, 0.05) is 6.54 Å². The maximum atomic E-state index is 10.7. The lowest BCUT2D eigenvalue weighted by Gasteiger charge is -2.01. The van der Waals surface area contributed by atoms with Crippen molar-refractivity contribution in [2.75, 3.05) is 19.7 Å². The van der Waals surface area contributed by atoms with Crippen LogP contribution < -0.4 is 5.32 Å². The number of hydrogen-bond donors (Lipinski definition) is 1. The molecule has 1 N–H and O–H groups in total. The molecule has 0 aliphatic carbocycles. The number of rotatable bonds is 5. The molecule has 0 atom stereocenters. The van der Waals surface area contributed by atoms with Crippen LogP contribution in [0, 0.1) is 0 Å². The molecule has 0 aromatic rings. The summed E-state index contributed by atoms with van der Waals surface area (Å²) in [6.07, 6.45) is 1.02. The maximum absolute atomic E-state index is 10.7. The molecule has 5 heteroatoms. The monoisotopic (exact) mass is 186 g/mol. The van der Waals surface area contributed by atoms with E-state index >= 15 is 0 Å². The number of nitrogens with zero attached hydrogens (tertiary/aromatic N) is 1. The van der Waals surface area contributed by atoms with Gasteiger partial charge in [0.1, 0.15) is 6.61 Å². The fourth-order valence-electron chi connectivity index (χ4n) is 0.445. The summed E-state index contributed by atoms with van der Waals surface area (Å²) in [6.45, 7) is 4.43. The van der Waals surface area contributed by atoms with Crippen LogP contribution in [0.3, 0.4) is 0 Å². The van der Waals surface area contributed by atoms with Gasteiger partial charge in [0.05, 0.1) is 11.7 Å². The van der Waals surface area contributed by atoms with Crippen LogP contribution in [-0.4, -0.2) is 31.0 Å². The highest BCUT2D eigenvalue weighted by Gasteiger charge is 1.96. The summed E-state index contributed by atoms with van der Waals surface area (Å²) in [5.74, 6) is 0. The van der Waals surface area contributed by atoms with E-state index in [9.17, 15) is 4.79 Å². The molecular formula is C7H10N2O2S. The third-order valence-corrected chi connectivity index (χ3v) is 1.02. The molecule has 0 aliphatic rings. The van der Waals surface area contributed by atoms with Crippen molar-refractivity contribution in [3.8, 4) is 0 Å². The molecule has 1 amide bonds. The van der Waals surface area contributed by atoms with Crippen LogP contribution in [0.2, 0.25) is 0 Å². The molecule has 0 aromatic carbocycles. The Morgan fingerprint density at radius 1 is 1.83 bits per heavy atom. The molecule has 0 fully saturated rings. The van der Waals surface area contributed by atoms with Gasteiger partial charge in [0.2, 0.25) is 0 Å². The van der Waals surface area contributed by atoms with Gasteiger partial charge in [-0.3, -0.25) is 0 Å². The molecular weight excluding hydrogens is 176 g/mol. The smallest absolute Gasteiger partial charge is 0.407 e. The minimum absolute atomic E-state index is 0.211. The number of ether oxygens (including phenoxy) is 1.